The lowest BCUT2D eigenvalue weighted by Gasteiger charge is -2.24. The molecule has 0 bridgehead atoms. The molecule has 0 spiro atoms. The molecule has 0 saturated carbocycles. The van der Waals surface area contributed by atoms with Gasteiger partial charge in [0, 0.05) is 33.1 Å². The molecular formula is C17H28N4OS. The largest absolute Gasteiger partial charge is 0.375 e. The fourth-order valence-corrected chi connectivity index (χ4v) is 3.50. The Balaban J connectivity index is 1.85. The predicted octanol–water partition coefficient (Wildman–Crippen LogP) is 3.21. The van der Waals surface area contributed by atoms with Gasteiger partial charge in [-0.3, -0.25) is 4.99 Å². The number of guanidine groups is 1. The second-order valence-electron chi connectivity index (χ2n) is 5.99. The number of rotatable bonds is 6. The van der Waals surface area contributed by atoms with E-state index >= 15 is 0 Å². The normalized spacial score (nSPS) is 19.7. The van der Waals surface area contributed by atoms with Crippen LogP contribution in [-0.4, -0.2) is 43.6 Å². The smallest absolute Gasteiger partial charge is 0.193 e. The van der Waals surface area contributed by atoms with Gasteiger partial charge in [0.05, 0.1) is 12.2 Å². The minimum Gasteiger partial charge on any atom is -0.375 e. The van der Waals surface area contributed by atoms with Crippen LogP contribution in [-0.2, 0) is 11.3 Å². The zero-order chi connectivity index (χ0) is 16.7. The van der Waals surface area contributed by atoms with E-state index in [4.69, 9.17) is 4.74 Å². The highest BCUT2D eigenvalue weighted by molar-refractivity contribution is 7.09. The first-order chi connectivity index (χ1) is 11.1. The second kappa shape index (κ2) is 9.03. The third-order valence-corrected chi connectivity index (χ3v) is 5.22. The summed E-state index contributed by atoms with van der Waals surface area (Å²) in [5.41, 5.74) is 1.06. The van der Waals surface area contributed by atoms with E-state index in [2.05, 4.69) is 44.8 Å². The van der Waals surface area contributed by atoms with Gasteiger partial charge >= 0.3 is 0 Å². The van der Waals surface area contributed by atoms with Crippen LogP contribution in [0.2, 0.25) is 0 Å². The van der Waals surface area contributed by atoms with Crippen molar-refractivity contribution in [2.45, 2.75) is 38.8 Å². The Kier molecular flexibility index (Phi) is 7.05. The summed E-state index contributed by atoms with van der Waals surface area (Å²) in [5.74, 6) is 1.63. The van der Waals surface area contributed by atoms with Gasteiger partial charge in [-0.25, -0.2) is 4.98 Å². The van der Waals surface area contributed by atoms with Gasteiger partial charge in [-0.1, -0.05) is 12.2 Å². The zero-order valence-corrected chi connectivity index (χ0v) is 15.4. The van der Waals surface area contributed by atoms with Crippen molar-refractivity contribution in [3.05, 3.63) is 28.2 Å². The number of ether oxygens (including phenoxy) is 1. The van der Waals surface area contributed by atoms with Gasteiger partial charge in [-0.15, -0.1) is 11.3 Å². The molecule has 23 heavy (non-hydrogen) atoms. The Labute approximate surface area is 143 Å². The fraction of sp³-hybridized carbons (Fsp3) is 0.647. The molecule has 1 aliphatic rings. The molecule has 2 atom stereocenters. The topological polar surface area (TPSA) is 49.8 Å². The van der Waals surface area contributed by atoms with E-state index < -0.39 is 0 Å². The minimum atomic E-state index is 0.0517. The third kappa shape index (κ3) is 5.32. The first-order valence-electron chi connectivity index (χ1n) is 8.18. The molecule has 1 aromatic heterocycles. The summed E-state index contributed by atoms with van der Waals surface area (Å²) in [6.45, 7) is 3.74. The lowest BCUT2D eigenvalue weighted by atomic mass is 9.94. The summed E-state index contributed by atoms with van der Waals surface area (Å²) in [6.07, 6.45) is 8.23. The molecule has 1 N–H and O–H groups in total. The van der Waals surface area contributed by atoms with E-state index in [1.807, 2.05) is 14.0 Å². The molecule has 0 saturated heterocycles. The average molecular weight is 337 g/mol. The van der Waals surface area contributed by atoms with Crippen LogP contribution in [0.5, 0.6) is 0 Å². The van der Waals surface area contributed by atoms with Gasteiger partial charge < -0.3 is 15.0 Å². The van der Waals surface area contributed by atoms with Crippen molar-refractivity contribution in [1.29, 1.82) is 0 Å². The van der Waals surface area contributed by atoms with E-state index in [9.17, 15) is 0 Å². The van der Waals surface area contributed by atoms with E-state index in [-0.39, 0.29) is 6.10 Å². The summed E-state index contributed by atoms with van der Waals surface area (Å²) < 4.78 is 5.32. The molecule has 1 aromatic rings. The number of methoxy groups -OCH3 is 1. The SMILES string of the molecule is CN=C(NCC1CC=CCC1)N(C)Cc1csc(C(C)OC)n1. The summed E-state index contributed by atoms with van der Waals surface area (Å²) in [4.78, 5) is 11.2. The number of hydrogen-bond acceptors (Lipinski definition) is 4. The summed E-state index contributed by atoms with van der Waals surface area (Å²) in [5, 5.41) is 6.61. The summed E-state index contributed by atoms with van der Waals surface area (Å²) in [7, 11) is 5.60. The van der Waals surface area contributed by atoms with Gasteiger partial charge in [0.1, 0.15) is 11.1 Å². The maximum absolute atomic E-state index is 5.32. The van der Waals surface area contributed by atoms with Gasteiger partial charge in [-0.05, 0) is 32.1 Å². The molecule has 1 heterocycles. The van der Waals surface area contributed by atoms with Gasteiger partial charge in [-0.2, -0.15) is 0 Å². The van der Waals surface area contributed by atoms with Crippen LogP contribution in [0, 0.1) is 5.92 Å². The van der Waals surface area contributed by atoms with Crippen LogP contribution in [0.25, 0.3) is 0 Å². The first kappa shape index (κ1) is 17.9. The lowest BCUT2D eigenvalue weighted by Crippen LogP contribution is -2.40. The first-order valence-corrected chi connectivity index (χ1v) is 9.05. The van der Waals surface area contributed by atoms with Crippen LogP contribution in [0.15, 0.2) is 22.5 Å². The zero-order valence-electron chi connectivity index (χ0n) is 14.6. The third-order valence-electron chi connectivity index (χ3n) is 4.17. The average Bonchev–Trinajstić information content (AvgIpc) is 3.04. The van der Waals surface area contributed by atoms with Crippen LogP contribution in [0.3, 0.4) is 0 Å². The Morgan fingerprint density at radius 2 is 2.39 bits per heavy atom. The Morgan fingerprint density at radius 1 is 1.57 bits per heavy atom. The highest BCUT2D eigenvalue weighted by Crippen LogP contribution is 2.21. The molecule has 2 unspecified atom stereocenters. The number of thiazole rings is 1. The lowest BCUT2D eigenvalue weighted by molar-refractivity contribution is 0.119. The quantitative estimate of drug-likeness (QED) is 0.492. The maximum atomic E-state index is 5.32. The molecular weight excluding hydrogens is 308 g/mol. The van der Waals surface area contributed by atoms with Crippen LogP contribution in [0.4, 0.5) is 0 Å². The molecule has 2 rings (SSSR count). The molecule has 0 aliphatic heterocycles. The van der Waals surface area contributed by atoms with Crippen LogP contribution in [0.1, 0.15) is 43.0 Å². The van der Waals surface area contributed by atoms with Gasteiger partial charge in [0.15, 0.2) is 5.96 Å². The highest BCUT2D eigenvalue weighted by atomic mass is 32.1. The maximum Gasteiger partial charge on any atom is 0.193 e. The Bertz CT molecular complexity index is 540. The van der Waals surface area contributed by atoms with Gasteiger partial charge in [0.25, 0.3) is 0 Å². The highest BCUT2D eigenvalue weighted by Gasteiger charge is 2.14. The standard InChI is InChI=1S/C17H28N4OS/c1-13(22-4)16-20-15(12-23-16)11-21(3)17(18-2)19-10-14-8-6-5-7-9-14/h5-6,12-14H,7-11H2,1-4H3,(H,18,19). The van der Waals surface area contributed by atoms with Crippen molar-refractivity contribution in [2.24, 2.45) is 10.9 Å². The summed E-state index contributed by atoms with van der Waals surface area (Å²) >= 11 is 1.65. The number of aliphatic imine (C=N–C) groups is 1. The Morgan fingerprint density at radius 3 is 3.04 bits per heavy atom. The van der Waals surface area contributed by atoms with Crippen LogP contribution >= 0.6 is 11.3 Å². The molecule has 0 radical (unpaired) electrons. The van der Waals surface area contributed by atoms with E-state index in [0.29, 0.717) is 5.92 Å². The van der Waals surface area contributed by atoms with Crippen molar-refractivity contribution >= 4 is 17.3 Å². The van der Waals surface area contributed by atoms with E-state index in [1.54, 1.807) is 18.4 Å². The van der Waals surface area contributed by atoms with Crippen molar-refractivity contribution in [1.82, 2.24) is 15.2 Å². The molecule has 1 aliphatic carbocycles. The second-order valence-corrected chi connectivity index (χ2v) is 6.88. The number of allylic oxidation sites excluding steroid dienone is 2. The molecule has 0 amide bonds. The van der Waals surface area contributed by atoms with E-state index in [0.717, 1.165) is 36.2 Å². The Hall–Kier alpha value is -1.40. The summed E-state index contributed by atoms with van der Waals surface area (Å²) in [6, 6.07) is 0. The molecule has 6 heteroatoms. The fourth-order valence-electron chi connectivity index (χ4n) is 2.66. The van der Waals surface area contributed by atoms with Gasteiger partial charge in [0.2, 0.25) is 0 Å². The number of hydrogen-bond donors (Lipinski definition) is 1. The molecule has 0 fully saturated rings. The predicted molar refractivity (Wildman–Crippen MR) is 96.8 cm³/mol. The van der Waals surface area contributed by atoms with Crippen molar-refractivity contribution in [3.8, 4) is 0 Å². The number of nitrogens with one attached hydrogen (secondary N) is 1. The number of nitrogens with zero attached hydrogens (tertiary/aromatic N) is 3. The molecule has 0 aromatic carbocycles. The van der Waals surface area contributed by atoms with Crippen molar-refractivity contribution in [2.75, 3.05) is 27.7 Å². The minimum absolute atomic E-state index is 0.0517. The van der Waals surface area contributed by atoms with Crippen molar-refractivity contribution in [3.63, 3.8) is 0 Å². The van der Waals surface area contributed by atoms with Crippen LogP contribution < -0.4 is 5.32 Å². The van der Waals surface area contributed by atoms with Crippen molar-refractivity contribution < 1.29 is 4.74 Å². The monoisotopic (exact) mass is 336 g/mol. The molecule has 128 valence electrons. The number of aromatic nitrogens is 1. The van der Waals surface area contributed by atoms with E-state index in [1.165, 1.54) is 12.8 Å². The molecule has 5 nitrogen and oxygen atoms in total.